The molecule has 0 atom stereocenters. The highest BCUT2D eigenvalue weighted by atomic mass is 14.6. The largest absolute Gasteiger partial charge is 0.256 e. The highest BCUT2D eigenvalue weighted by molar-refractivity contribution is 5.81. The van der Waals surface area contributed by atoms with Gasteiger partial charge in [-0.3, -0.25) is 4.98 Å². The summed E-state index contributed by atoms with van der Waals surface area (Å²) in [5.74, 6) is 0. The van der Waals surface area contributed by atoms with Crippen molar-refractivity contribution in [3.63, 3.8) is 0 Å². The monoisotopic (exact) mass is 201 g/mol. The van der Waals surface area contributed by atoms with Crippen LogP contribution >= 0.6 is 0 Å². The smallest absolute Gasteiger partial charge is 0.0704 e. The molecular formula is C14H19N. The number of benzene rings is 1. The van der Waals surface area contributed by atoms with Crippen LogP contribution in [0.15, 0.2) is 36.5 Å². The van der Waals surface area contributed by atoms with Crippen molar-refractivity contribution in [2.24, 2.45) is 0 Å². The third-order valence-electron chi connectivity index (χ3n) is 2.12. The van der Waals surface area contributed by atoms with E-state index in [2.05, 4.69) is 50.0 Å². The molecule has 1 nitrogen and oxygen atoms in total. The summed E-state index contributed by atoms with van der Waals surface area (Å²) in [5, 5.41) is 1.28. The van der Waals surface area contributed by atoms with Gasteiger partial charge in [-0.05, 0) is 24.1 Å². The Balaban J connectivity index is 0.000000337. The fourth-order valence-corrected chi connectivity index (χ4v) is 1.48. The van der Waals surface area contributed by atoms with Crippen molar-refractivity contribution >= 4 is 10.9 Å². The number of aryl methyl sites for hydroxylation is 1. The number of fused-ring (bicyclic) bond motifs is 1. The molecule has 2 aromatic rings. The molecule has 0 N–H and O–H groups in total. The zero-order valence-corrected chi connectivity index (χ0v) is 9.83. The molecule has 0 saturated carbocycles. The molecule has 0 fully saturated rings. The molecule has 1 aromatic heterocycles. The van der Waals surface area contributed by atoms with E-state index in [0.29, 0.717) is 0 Å². The molecule has 15 heavy (non-hydrogen) atoms. The highest BCUT2D eigenvalue weighted by Crippen LogP contribution is 2.16. The Kier molecular flexibility index (Phi) is 4.82. The van der Waals surface area contributed by atoms with E-state index in [1.807, 2.05) is 12.3 Å². The van der Waals surface area contributed by atoms with Crippen LogP contribution in [0.25, 0.3) is 10.9 Å². The molecular weight excluding hydrogens is 182 g/mol. The third kappa shape index (κ3) is 3.05. The van der Waals surface area contributed by atoms with E-state index in [1.165, 1.54) is 17.4 Å². The first kappa shape index (κ1) is 11.7. The third-order valence-corrected chi connectivity index (χ3v) is 2.12. The van der Waals surface area contributed by atoms with Crippen LogP contribution in [0.3, 0.4) is 0 Å². The second-order valence-corrected chi connectivity index (χ2v) is 3.55. The highest BCUT2D eigenvalue weighted by Gasteiger charge is 1.96. The van der Waals surface area contributed by atoms with E-state index >= 15 is 0 Å². The molecule has 1 heterocycles. The summed E-state index contributed by atoms with van der Waals surface area (Å²) in [6.07, 6.45) is 4.16. The number of pyridine rings is 1. The molecule has 0 aliphatic rings. The van der Waals surface area contributed by atoms with E-state index in [0.717, 1.165) is 11.9 Å². The van der Waals surface area contributed by atoms with Crippen molar-refractivity contribution < 1.29 is 0 Å². The van der Waals surface area contributed by atoms with Gasteiger partial charge in [0.05, 0.1) is 5.52 Å². The van der Waals surface area contributed by atoms with E-state index in [9.17, 15) is 0 Å². The van der Waals surface area contributed by atoms with Gasteiger partial charge in [0, 0.05) is 11.6 Å². The molecule has 0 radical (unpaired) electrons. The van der Waals surface area contributed by atoms with Gasteiger partial charge in [0.15, 0.2) is 0 Å². The maximum absolute atomic E-state index is 4.29. The molecule has 0 amide bonds. The fourth-order valence-electron chi connectivity index (χ4n) is 1.48. The minimum Gasteiger partial charge on any atom is -0.256 e. The lowest BCUT2D eigenvalue weighted by Gasteiger charge is -2.01. The lowest BCUT2D eigenvalue weighted by atomic mass is 10.1. The van der Waals surface area contributed by atoms with Crippen LogP contribution in [-0.2, 0) is 6.42 Å². The van der Waals surface area contributed by atoms with Crippen LogP contribution in [0.1, 0.15) is 32.8 Å². The molecule has 1 aromatic carbocycles. The topological polar surface area (TPSA) is 12.9 Å². The number of aromatic nitrogens is 1. The number of rotatable bonds is 1. The Morgan fingerprint density at radius 3 is 2.40 bits per heavy atom. The van der Waals surface area contributed by atoms with Gasteiger partial charge in [0.1, 0.15) is 0 Å². The predicted octanol–water partition coefficient (Wildman–Crippen LogP) is 4.21. The van der Waals surface area contributed by atoms with Crippen LogP contribution in [0.5, 0.6) is 0 Å². The SMILES string of the molecule is CCC.CCc1cccc2ncccc12. The summed E-state index contributed by atoms with van der Waals surface area (Å²) in [6, 6.07) is 10.4. The number of hydrogen-bond acceptors (Lipinski definition) is 1. The molecule has 0 aliphatic heterocycles. The van der Waals surface area contributed by atoms with Gasteiger partial charge >= 0.3 is 0 Å². The second kappa shape index (κ2) is 6.18. The van der Waals surface area contributed by atoms with Gasteiger partial charge in [0.25, 0.3) is 0 Å². The predicted molar refractivity (Wildman–Crippen MR) is 67.1 cm³/mol. The Morgan fingerprint density at radius 2 is 1.73 bits per heavy atom. The normalized spacial score (nSPS) is 9.53. The maximum atomic E-state index is 4.29. The van der Waals surface area contributed by atoms with E-state index in [4.69, 9.17) is 0 Å². The number of nitrogens with zero attached hydrogens (tertiary/aromatic N) is 1. The van der Waals surface area contributed by atoms with Gasteiger partial charge in [-0.25, -0.2) is 0 Å². The van der Waals surface area contributed by atoms with Crippen molar-refractivity contribution in [1.82, 2.24) is 4.98 Å². The van der Waals surface area contributed by atoms with Crippen LogP contribution < -0.4 is 0 Å². The standard InChI is InChI=1S/C11H11N.C3H8/c1-2-9-5-3-7-11-10(9)6-4-8-12-11;1-3-2/h3-8H,2H2,1H3;3H2,1-2H3. The minimum absolute atomic E-state index is 1.07. The molecule has 0 bridgehead atoms. The summed E-state index contributed by atoms with van der Waals surface area (Å²) in [4.78, 5) is 4.29. The first-order valence-electron chi connectivity index (χ1n) is 5.66. The van der Waals surface area contributed by atoms with Gasteiger partial charge in [-0.1, -0.05) is 45.4 Å². The van der Waals surface area contributed by atoms with Crippen molar-refractivity contribution in [3.8, 4) is 0 Å². The first-order chi connectivity index (χ1) is 7.33. The van der Waals surface area contributed by atoms with Crippen molar-refractivity contribution in [3.05, 3.63) is 42.1 Å². The van der Waals surface area contributed by atoms with Crippen molar-refractivity contribution in [1.29, 1.82) is 0 Å². The zero-order chi connectivity index (χ0) is 11.1. The summed E-state index contributed by atoms with van der Waals surface area (Å²) < 4.78 is 0. The Labute approximate surface area is 92.2 Å². The Bertz CT molecular complexity index is 402. The van der Waals surface area contributed by atoms with Crippen molar-refractivity contribution in [2.75, 3.05) is 0 Å². The summed E-state index contributed by atoms with van der Waals surface area (Å²) >= 11 is 0. The lowest BCUT2D eigenvalue weighted by molar-refractivity contribution is 1.09. The van der Waals surface area contributed by atoms with Crippen LogP contribution in [0.4, 0.5) is 0 Å². The van der Waals surface area contributed by atoms with Crippen LogP contribution in [0.2, 0.25) is 0 Å². The second-order valence-electron chi connectivity index (χ2n) is 3.55. The molecule has 80 valence electrons. The Hall–Kier alpha value is -1.37. The maximum Gasteiger partial charge on any atom is 0.0704 e. The molecule has 2 rings (SSSR count). The van der Waals surface area contributed by atoms with E-state index in [1.54, 1.807) is 0 Å². The van der Waals surface area contributed by atoms with Crippen LogP contribution in [0, 0.1) is 0 Å². The van der Waals surface area contributed by atoms with Crippen LogP contribution in [-0.4, -0.2) is 4.98 Å². The van der Waals surface area contributed by atoms with Crippen molar-refractivity contribution in [2.45, 2.75) is 33.6 Å². The Morgan fingerprint density at radius 1 is 1.00 bits per heavy atom. The summed E-state index contributed by atoms with van der Waals surface area (Å²) in [7, 11) is 0. The average Bonchev–Trinajstić information content (AvgIpc) is 2.29. The summed E-state index contributed by atoms with van der Waals surface area (Å²) in [6.45, 7) is 6.42. The number of hydrogen-bond donors (Lipinski definition) is 0. The lowest BCUT2D eigenvalue weighted by Crippen LogP contribution is -1.84. The quantitative estimate of drug-likeness (QED) is 0.673. The molecule has 0 aliphatic carbocycles. The fraction of sp³-hybridized carbons (Fsp3) is 0.357. The van der Waals surface area contributed by atoms with E-state index in [-0.39, 0.29) is 0 Å². The summed E-state index contributed by atoms with van der Waals surface area (Å²) in [5.41, 5.74) is 2.47. The van der Waals surface area contributed by atoms with Gasteiger partial charge in [-0.15, -0.1) is 0 Å². The average molecular weight is 201 g/mol. The zero-order valence-electron chi connectivity index (χ0n) is 9.83. The molecule has 0 saturated heterocycles. The first-order valence-corrected chi connectivity index (χ1v) is 5.66. The van der Waals surface area contributed by atoms with E-state index < -0.39 is 0 Å². The van der Waals surface area contributed by atoms with Gasteiger partial charge in [-0.2, -0.15) is 0 Å². The molecule has 1 heteroatoms. The van der Waals surface area contributed by atoms with Gasteiger partial charge in [0.2, 0.25) is 0 Å². The minimum atomic E-state index is 1.07. The molecule has 0 unspecified atom stereocenters. The van der Waals surface area contributed by atoms with Gasteiger partial charge < -0.3 is 0 Å². The molecule has 0 spiro atoms.